The highest BCUT2D eigenvalue weighted by molar-refractivity contribution is 4.73. The van der Waals surface area contributed by atoms with Crippen LogP contribution in [0.4, 0.5) is 0 Å². The Bertz CT molecular complexity index is 141. The number of rotatable bonds is 5. The summed E-state index contributed by atoms with van der Waals surface area (Å²) in [6.07, 6.45) is 7.46. The first kappa shape index (κ1) is 12.0. The monoisotopic (exact) mass is 199 g/mol. The first-order valence-electron chi connectivity index (χ1n) is 6.00. The van der Waals surface area contributed by atoms with Gasteiger partial charge in [-0.1, -0.05) is 19.3 Å². The molecule has 2 unspecified atom stereocenters. The molecule has 1 fully saturated rings. The molecular weight excluding hydrogens is 174 g/mol. The smallest absolute Gasteiger partial charge is 0.0693 e. The van der Waals surface area contributed by atoms with Crippen LogP contribution in [0.3, 0.4) is 0 Å². The summed E-state index contributed by atoms with van der Waals surface area (Å²) in [5.74, 6) is 0.912. The first-order chi connectivity index (χ1) is 6.74. The maximum absolute atomic E-state index is 5.29. The van der Waals surface area contributed by atoms with Crippen molar-refractivity contribution in [2.45, 2.75) is 58.1 Å². The van der Waals surface area contributed by atoms with Crippen molar-refractivity contribution in [2.75, 3.05) is 13.7 Å². The quantitative estimate of drug-likeness (QED) is 0.735. The minimum Gasteiger partial charge on any atom is -0.380 e. The van der Waals surface area contributed by atoms with Gasteiger partial charge in [0, 0.05) is 13.2 Å². The van der Waals surface area contributed by atoms with Gasteiger partial charge in [-0.25, -0.2) is 0 Å². The second-order valence-corrected chi connectivity index (χ2v) is 4.64. The van der Waals surface area contributed by atoms with Gasteiger partial charge in [-0.2, -0.15) is 0 Å². The summed E-state index contributed by atoms with van der Waals surface area (Å²) < 4.78 is 5.29. The lowest BCUT2D eigenvalue weighted by molar-refractivity contribution is 0.0864. The van der Waals surface area contributed by atoms with E-state index in [0.717, 1.165) is 5.92 Å². The summed E-state index contributed by atoms with van der Waals surface area (Å²) in [5, 5.41) is 3.58. The Balaban J connectivity index is 2.12. The van der Waals surface area contributed by atoms with Gasteiger partial charge in [-0.15, -0.1) is 0 Å². The van der Waals surface area contributed by atoms with E-state index in [2.05, 4.69) is 19.2 Å². The number of hydrogen-bond acceptors (Lipinski definition) is 2. The van der Waals surface area contributed by atoms with E-state index < -0.39 is 0 Å². The van der Waals surface area contributed by atoms with Crippen LogP contribution in [0.15, 0.2) is 0 Å². The van der Waals surface area contributed by atoms with E-state index in [-0.39, 0.29) is 0 Å². The highest BCUT2D eigenvalue weighted by Crippen LogP contribution is 2.22. The summed E-state index contributed by atoms with van der Waals surface area (Å²) in [6.45, 7) is 5.50. The van der Waals surface area contributed by atoms with Crippen LogP contribution in [0.5, 0.6) is 0 Å². The average Bonchev–Trinajstić information content (AvgIpc) is 2.26. The molecule has 2 atom stereocenters. The predicted molar refractivity (Wildman–Crippen MR) is 60.5 cm³/mol. The average molecular weight is 199 g/mol. The topological polar surface area (TPSA) is 21.3 Å². The van der Waals surface area contributed by atoms with Crippen LogP contribution in [-0.4, -0.2) is 25.8 Å². The lowest BCUT2D eigenvalue weighted by atomic mass is 9.89. The van der Waals surface area contributed by atoms with Gasteiger partial charge < -0.3 is 10.1 Å². The van der Waals surface area contributed by atoms with Gasteiger partial charge in [0.25, 0.3) is 0 Å². The minimum atomic E-state index is 0.318. The Morgan fingerprint density at radius 3 is 2.43 bits per heavy atom. The summed E-state index contributed by atoms with van der Waals surface area (Å²) in [5.41, 5.74) is 0. The molecule has 1 saturated carbocycles. The van der Waals surface area contributed by atoms with Gasteiger partial charge in [0.15, 0.2) is 0 Å². The molecule has 0 heterocycles. The van der Waals surface area contributed by atoms with Crippen LogP contribution in [0.2, 0.25) is 0 Å². The third kappa shape index (κ3) is 3.97. The van der Waals surface area contributed by atoms with Crippen LogP contribution >= 0.6 is 0 Å². The van der Waals surface area contributed by atoms with E-state index in [1.54, 1.807) is 7.11 Å². The predicted octanol–water partition coefficient (Wildman–Crippen LogP) is 2.58. The van der Waals surface area contributed by atoms with Crippen molar-refractivity contribution in [3.05, 3.63) is 0 Å². The maximum atomic E-state index is 5.29. The molecule has 0 aromatic carbocycles. The fraction of sp³-hybridized carbons (Fsp3) is 1.00. The van der Waals surface area contributed by atoms with E-state index in [4.69, 9.17) is 4.74 Å². The van der Waals surface area contributed by atoms with Crippen LogP contribution in [-0.2, 0) is 4.74 Å². The van der Waals surface area contributed by atoms with E-state index in [0.29, 0.717) is 12.1 Å². The van der Waals surface area contributed by atoms with Crippen LogP contribution < -0.4 is 5.32 Å². The van der Waals surface area contributed by atoms with Crippen molar-refractivity contribution in [2.24, 2.45) is 5.92 Å². The van der Waals surface area contributed by atoms with Crippen LogP contribution in [0.25, 0.3) is 0 Å². The second kappa shape index (κ2) is 6.41. The Morgan fingerprint density at radius 1 is 1.21 bits per heavy atom. The standard InChI is InChI=1S/C12H25NO/c1-10(11(2)14-3)13-9-12-7-5-4-6-8-12/h10-13H,4-9H2,1-3H3. The molecule has 0 aromatic heterocycles. The molecule has 84 valence electrons. The third-order valence-corrected chi connectivity index (χ3v) is 3.53. The Kier molecular flexibility index (Phi) is 5.49. The van der Waals surface area contributed by atoms with Crippen molar-refractivity contribution in [3.8, 4) is 0 Å². The normalized spacial score (nSPS) is 23.4. The van der Waals surface area contributed by atoms with Gasteiger partial charge in [0.1, 0.15) is 0 Å². The third-order valence-electron chi connectivity index (χ3n) is 3.53. The zero-order valence-electron chi connectivity index (χ0n) is 9.88. The molecule has 1 N–H and O–H groups in total. The molecule has 14 heavy (non-hydrogen) atoms. The lowest BCUT2D eigenvalue weighted by Gasteiger charge is -2.26. The van der Waals surface area contributed by atoms with Gasteiger partial charge in [0.05, 0.1) is 6.10 Å². The van der Waals surface area contributed by atoms with Crippen molar-refractivity contribution in [3.63, 3.8) is 0 Å². The number of nitrogens with one attached hydrogen (secondary N) is 1. The molecule has 1 aliphatic rings. The highest BCUT2D eigenvalue weighted by Gasteiger charge is 2.16. The summed E-state index contributed by atoms with van der Waals surface area (Å²) in [4.78, 5) is 0. The van der Waals surface area contributed by atoms with E-state index in [1.165, 1.54) is 38.6 Å². The lowest BCUT2D eigenvalue weighted by Crippen LogP contribution is -2.39. The molecule has 0 amide bonds. The first-order valence-corrected chi connectivity index (χ1v) is 6.00. The summed E-state index contributed by atoms with van der Waals surface area (Å²) in [6, 6.07) is 0.474. The number of methoxy groups -OCH3 is 1. The Hall–Kier alpha value is -0.0800. The van der Waals surface area contributed by atoms with Crippen molar-refractivity contribution < 1.29 is 4.74 Å². The molecule has 0 bridgehead atoms. The van der Waals surface area contributed by atoms with Crippen molar-refractivity contribution in [1.29, 1.82) is 0 Å². The molecule has 0 spiro atoms. The SMILES string of the molecule is COC(C)C(C)NCC1CCCCC1. The molecule has 0 radical (unpaired) electrons. The molecule has 0 aliphatic heterocycles. The highest BCUT2D eigenvalue weighted by atomic mass is 16.5. The molecule has 2 nitrogen and oxygen atoms in total. The van der Waals surface area contributed by atoms with Gasteiger partial charge in [0.2, 0.25) is 0 Å². The van der Waals surface area contributed by atoms with Crippen LogP contribution in [0, 0.1) is 5.92 Å². The van der Waals surface area contributed by atoms with E-state index >= 15 is 0 Å². The fourth-order valence-corrected chi connectivity index (χ4v) is 2.11. The maximum Gasteiger partial charge on any atom is 0.0693 e. The Labute approximate surface area is 88.4 Å². The fourth-order valence-electron chi connectivity index (χ4n) is 2.11. The number of hydrogen-bond donors (Lipinski definition) is 1. The molecule has 2 heteroatoms. The van der Waals surface area contributed by atoms with Gasteiger partial charge in [-0.05, 0) is 39.2 Å². The summed E-state index contributed by atoms with van der Waals surface area (Å²) >= 11 is 0. The van der Waals surface area contributed by atoms with E-state index in [1.807, 2.05) is 0 Å². The molecule has 1 rings (SSSR count). The number of ether oxygens (including phenoxy) is 1. The second-order valence-electron chi connectivity index (χ2n) is 4.64. The largest absolute Gasteiger partial charge is 0.380 e. The zero-order valence-corrected chi connectivity index (χ0v) is 9.88. The van der Waals surface area contributed by atoms with Crippen molar-refractivity contribution >= 4 is 0 Å². The van der Waals surface area contributed by atoms with Crippen LogP contribution in [0.1, 0.15) is 46.0 Å². The molecule has 0 aromatic rings. The minimum absolute atomic E-state index is 0.318. The molecule has 0 saturated heterocycles. The van der Waals surface area contributed by atoms with Gasteiger partial charge >= 0.3 is 0 Å². The summed E-state index contributed by atoms with van der Waals surface area (Å²) in [7, 11) is 1.78. The molecule has 1 aliphatic carbocycles. The van der Waals surface area contributed by atoms with Gasteiger partial charge in [-0.3, -0.25) is 0 Å². The molecular formula is C12H25NO. The zero-order chi connectivity index (χ0) is 10.4. The Morgan fingerprint density at radius 2 is 1.86 bits per heavy atom. The van der Waals surface area contributed by atoms with Crippen molar-refractivity contribution in [1.82, 2.24) is 5.32 Å². The van der Waals surface area contributed by atoms with E-state index in [9.17, 15) is 0 Å².